The quantitative estimate of drug-likeness (QED) is 0.667. The fourth-order valence-electron chi connectivity index (χ4n) is 3.47. The Morgan fingerprint density at radius 1 is 1.05 bits per heavy atom. The van der Waals surface area contributed by atoms with Crippen molar-refractivity contribution in [3.05, 3.63) is 71.5 Å². The fraction of sp³-hybridized carbons (Fsp3) is 0.263. The summed E-state index contributed by atoms with van der Waals surface area (Å²) in [5.41, 5.74) is 5.27. The van der Waals surface area contributed by atoms with Crippen LogP contribution in [0, 0.1) is 0 Å². The fourth-order valence-corrected chi connectivity index (χ4v) is 3.47. The molecule has 0 N–H and O–H groups in total. The number of rotatable bonds is 1. The second kappa shape index (κ2) is 5.05. The van der Waals surface area contributed by atoms with Gasteiger partial charge in [-0.1, -0.05) is 42.5 Å². The van der Waals surface area contributed by atoms with E-state index in [1.807, 2.05) is 0 Å². The Bertz CT molecular complexity index is 760. The molecule has 1 aliphatic rings. The molecule has 1 atom stereocenters. The monoisotopic (exact) mass is 277 g/mol. The van der Waals surface area contributed by atoms with E-state index in [1.54, 1.807) is 6.26 Å². The van der Waals surface area contributed by atoms with Gasteiger partial charge < -0.3 is 9.32 Å². The van der Waals surface area contributed by atoms with Crippen LogP contribution in [0.1, 0.15) is 22.6 Å². The first-order valence-electron chi connectivity index (χ1n) is 7.55. The molecule has 1 unspecified atom stereocenters. The van der Waals surface area contributed by atoms with E-state index in [9.17, 15) is 0 Å². The minimum absolute atomic E-state index is 0.420. The molecule has 2 aromatic carbocycles. The van der Waals surface area contributed by atoms with Gasteiger partial charge in [0.2, 0.25) is 0 Å². The minimum atomic E-state index is 0.420. The first-order valence-corrected chi connectivity index (χ1v) is 7.55. The number of hydrogen-bond donors (Lipinski definition) is 0. The molecule has 0 saturated carbocycles. The van der Waals surface area contributed by atoms with E-state index in [4.69, 9.17) is 4.42 Å². The highest BCUT2D eigenvalue weighted by Crippen LogP contribution is 2.35. The average Bonchev–Trinajstić information content (AvgIpc) is 2.93. The number of nitrogens with zero attached hydrogens (tertiary/aromatic N) is 1. The summed E-state index contributed by atoms with van der Waals surface area (Å²) in [5.74, 6) is 0.420. The van der Waals surface area contributed by atoms with Crippen LogP contribution in [0.15, 0.2) is 59.2 Å². The van der Waals surface area contributed by atoms with E-state index < -0.39 is 0 Å². The summed E-state index contributed by atoms with van der Waals surface area (Å²) in [4.78, 5) is 2.42. The smallest absolute Gasteiger partial charge is 0.137 e. The van der Waals surface area contributed by atoms with Crippen molar-refractivity contribution in [3.8, 4) is 0 Å². The van der Waals surface area contributed by atoms with E-state index in [0.717, 1.165) is 25.1 Å². The Morgan fingerprint density at radius 2 is 1.90 bits per heavy atom. The van der Waals surface area contributed by atoms with Crippen molar-refractivity contribution in [1.82, 2.24) is 4.90 Å². The number of likely N-dealkylation sites (N-methyl/N-ethyl adjacent to an activating group) is 1. The normalized spacial score (nSPS) is 19.4. The molecule has 0 radical (unpaired) electrons. The summed E-state index contributed by atoms with van der Waals surface area (Å²) in [6.45, 7) is 2.14. The van der Waals surface area contributed by atoms with Gasteiger partial charge in [-0.3, -0.25) is 0 Å². The molecule has 106 valence electrons. The highest BCUT2D eigenvalue weighted by atomic mass is 16.3. The van der Waals surface area contributed by atoms with Crippen LogP contribution in [0.5, 0.6) is 0 Å². The second-order valence-electron chi connectivity index (χ2n) is 5.95. The van der Waals surface area contributed by atoms with E-state index in [0.29, 0.717) is 5.92 Å². The lowest BCUT2D eigenvalue weighted by molar-refractivity contribution is 0.338. The summed E-state index contributed by atoms with van der Waals surface area (Å²) in [6.07, 6.45) is 2.86. The van der Waals surface area contributed by atoms with Crippen LogP contribution in [-0.4, -0.2) is 25.0 Å². The third-order valence-corrected chi connectivity index (χ3v) is 4.58. The van der Waals surface area contributed by atoms with Crippen molar-refractivity contribution in [2.24, 2.45) is 0 Å². The Labute approximate surface area is 125 Å². The molecule has 3 aromatic rings. The van der Waals surface area contributed by atoms with Crippen LogP contribution in [0.3, 0.4) is 0 Å². The van der Waals surface area contributed by atoms with Gasteiger partial charge in [-0.2, -0.15) is 0 Å². The Kier molecular flexibility index (Phi) is 3.04. The SMILES string of the molecule is CN1CCc2c(ccc3ccoc23)C(c2ccccc2)C1. The number of benzene rings is 2. The van der Waals surface area contributed by atoms with E-state index in [2.05, 4.69) is 60.5 Å². The molecule has 4 rings (SSSR count). The van der Waals surface area contributed by atoms with Crippen molar-refractivity contribution >= 4 is 11.0 Å². The third kappa shape index (κ3) is 2.16. The van der Waals surface area contributed by atoms with Gasteiger partial charge in [0, 0.05) is 30.0 Å². The van der Waals surface area contributed by atoms with Gasteiger partial charge >= 0.3 is 0 Å². The lowest BCUT2D eigenvalue weighted by atomic mass is 9.87. The van der Waals surface area contributed by atoms with E-state index in [1.165, 1.54) is 22.1 Å². The van der Waals surface area contributed by atoms with Gasteiger partial charge in [-0.05, 0) is 30.7 Å². The first-order chi connectivity index (χ1) is 10.3. The molecule has 0 fully saturated rings. The maximum Gasteiger partial charge on any atom is 0.137 e. The van der Waals surface area contributed by atoms with Crippen LogP contribution >= 0.6 is 0 Å². The van der Waals surface area contributed by atoms with Crippen molar-refractivity contribution < 1.29 is 4.42 Å². The largest absolute Gasteiger partial charge is 0.464 e. The van der Waals surface area contributed by atoms with Gasteiger partial charge in [0.05, 0.1) is 6.26 Å². The van der Waals surface area contributed by atoms with Gasteiger partial charge in [-0.25, -0.2) is 0 Å². The molecule has 0 saturated heterocycles. The summed E-state index contributed by atoms with van der Waals surface area (Å²) in [5, 5.41) is 1.21. The Balaban J connectivity index is 1.92. The lowest BCUT2D eigenvalue weighted by Gasteiger charge is -2.22. The van der Waals surface area contributed by atoms with Crippen LogP contribution in [0.4, 0.5) is 0 Å². The first kappa shape index (κ1) is 12.7. The highest BCUT2D eigenvalue weighted by Gasteiger charge is 2.24. The minimum Gasteiger partial charge on any atom is -0.464 e. The topological polar surface area (TPSA) is 16.4 Å². The molecule has 2 heterocycles. The number of furan rings is 1. The zero-order chi connectivity index (χ0) is 14.2. The summed E-state index contributed by atoms with van der Waals surface area (Å²) in [7, 11) is 2.21. The average molecular weight is 277 g/mol. The zero-order valence-electron chi connectivity index (χ0n) is 12.3. The van der Waals surface area contributed by atoms with Crippen LogP contribution in [-0.2, 0) is 6.42 Å². The Hall–Kier alpha value is -2.06. The molecule has 0 spiro atoms. The predicted octanol–water partition coefficient (Wildman–Crippen LogP) is 4.05. The number of fused-ring (bicyclic) bond motifs is 3. The standard InChI is InChI=1S/C19H19NO/c1-20-11-9-17-16(8-7-15-10-12-21-19(15)17)18(13-20)14-5-3-2-4-6-14/h2-8,10,12,18H,9,11,13H2,1H3. The molecule has 2 nitrogen and oxygen atoms in total. The Morgan fingerprint density at radius 3 is 2.76 bits per heavy atom. The van der Waals surface area contributed by atoms with Crippen LogP contribution in [0.25, 0.3) is 11.0 Å². The molecular formula is C19H19NO. The van der Waals surface area contributed by atoms with Gasteiger partial charge in [0.1, 0.15) is 5.58 Å². The molecule has 0 bridgehead atoms. The molecule has 2 heteroatoms. The van der Waals surface area contributed by atoms with Crippen LogP contribution < -0.4 is 0 Å². The maximum absolute atomic E-state index is 5.77. The predicted molar refractivity (Wildman–Crippen MR) is 85.7 cm³/mol. The summed E-state index contributed by atoms with van der Waals surface area (Å²) >= 11 is 0. The van der Waals surface area contributed by atoms with Gasteiger partial charge in [-0.15, -0.1) is 0 Å². The zero-order valence-corrected chi connectivity index (χ0v) is 12.3. The van der Waals surface area contributed by atoms with E-state index >= 15 is 0 Å². The molecule has 0 amide bonds. The van der Waals surface area contributed by atoms with Crippen molar-refractivity contribution in [1.29, 1.82) is 0 Å². The molecule has 1 aromatic heterocycles. The summed E-state index contributed by atoms with van der Waals surface area (Å²) in [6, 6.07) is 17.4. The molecule has 0 aliphatic carbocycles. The maximum atomic E-state index is 5.77. The lowest BCUT2D eigenvalue weighted by Crippen LogP contribution is -2.24. The van der Waals surface area contributed by atoms with Gasteiger partial charge in [0.25, 0.3) is 0 Å². The van der Waals surface area contributed by atoms with Crippen molar-refractivity contribution in [2.45, 2.75) is 12.3 Å². The summed E-state index contributed by atoms with van der Waals surface area (Å²) < 4.78 is 5.77. The third-order valence-electron chi connectivity index (χ3n) is 4.58. The molecule has 1 aliphatic heterocycles. The van der Waals surface area contributed by atoms with Crippen molar-refractivity contribution in [2.75, 3.05) is 20.1 Å². The van der Waals surface area contributed by atoms with Gasteiger partial charge in [0.15, 0.2) is 0 Å². The molecule has 21 heavy (non-hydrogen) atoms. The highest BCUT2D eigenvalue weighted by molar-refractivity contribution is 5.82. The number of hydrogen-bond acceptors (Lipinski definition) is 2. The second-order valence-corrected chi connectivity index (χ2v) is 5.95. The van der Waals surface area contributed by atoms with E-state index in [-0.39, 0.29) is 0 Å². The van der Waals surface area contributed by atoms with Crippen molar-refractivity contribution in [3.63, 3.8) is 0 Å². The molecular weight excluding hydrogens is 258 g/mol. The van der Waals surface area contributed by atoms with Crippen LogP contribution in [0.2, 0.25) is 0 Å².